The van der Waals surface area contributed by atoms with E-state index in [9.17, 15) is 4.79 Å². The molecule has 1 aromatic heterocycles. The van der Waals surface area contributed by atoms with E-state index in [1.165, 1.54) is 0 Å². The highest BCUT2D eigenvalue weighted by atomic mass is 16.5. The fourth-order valence-corrected chi connectivity index (χ4v) is 2.61. The van der Waals surface area contributed by atoms with Crippen LogP contribution in [0.1, 0.15) is 5.56 Å². The third kappa shape index (κ3) is 2.66. The van der Waals surface area contributed by atoms with Crippen LogP contribution in [-0.4, -0.2) is 38.5 Å². The summed E-state index contributed by atoms with van der Waals surface area (Å²) in [4.78, 5) is 11.3. The Morgan fingerprint density at radius 1 is 1.12 bits per heavy atom. The molecular formula is C17H12N6O2. The zero-order valence-corrected chi connectivity index (χ0v) is 12.9. The average molecular weight is 332 g/mol. The number of anilines is 1. The molecule has 0 saturated carbocycles. The van der Waals surface area contributed by atoms with E-state index in [2.05, 4.69) is 25.9 Å². The molecule has 0 amide bonds. The number of H-pyrrole nitrogens is 1. The molecule has 0 spiro atoms. The highest BCUT2D eigenvalue weighted by molar-refractivity contribution is 6.20. The van der Waals surface area contributed by atoms with Gasteiger partial charge in [-0.3, -0.25) is 5.41 Å². The lowest BCUT2D eigenvalue weighted by Gasteiger charge is -2.28. The second kappa shape index (κ2) is 6.03. The molecule has 1 atom stereocenters. The number of benzene rings is 2. The Morgan fingerprint density at radius 3 is 2.64 bits per heavy atom. The third-order valence-electron chi connectivity index (χ3n) is 3.84. The van der Waals surface area contributed by atoms with Crippen molar-refractivity contribution < 1.29 is 9.53 Å². The summed E-state index contributed by atoms with van der Waals surface area (Å²) in [6, 6.07) is 14.3. The number of aromatic amines is 1. The van der Waals surface area contributed by atoms with Crippen LogP contribution in [0.5, 0.6) is 5.75 Å². The second-order valence-corrected chi connectivity index (χ2v) is 5.34. The molecule has 2 aromatic carbocycles. The molecule has 3 N–H and O–H groups in total. The molecule has 2 heterocycles. The van der Waals surface area contributed by atoms with Crippen LogP contribution in [-0.2, 0) is 4.79 Å². The molecule has 0 fully saturated rings. The summed E-state index contributed by atoms with van der Waals surface area (Å²) in [6.07, 6.45) is -0.782. The van der Waals surface area contributed by atoms with Crippen LogP contribution in [0, 0.1) is 5.41 Å². The second-order valence-electron chi connectivity index (χ2n) is 5.34. The summed E-state index contributed by atoms with van der Waals surface area (Å²) >= 11 is 0. The van der Waals surface area contributed by atoms with E-state index in [4.69, 9.17) is 10.1 Å². The Balaban J connectivity index is 1.60. The van der Waals surface area contributed by atoms with Gasteiger partial charge in [-0.2, -0.15) is 5.21 Å². The Morgan fingerprint density at radius 2 is 1.92 bits per heavy atom. The number of nitrogens with zero attached hydrogens (tertiary/aromatic N) is 3. The van der Waals surface area contributed by atoms with Gasteiger partial charge in [-0.1, -0.05) is 18.2 Å². The van der Waals surface area contributed by atoms with Crippen LogP contribution < -0.4 is 10.1 Å². The van der Waals surface area contributed by atoms with Crippen molar-refractivity contribution in [2.75, 3.05) is 5.32 Å². The summed E-state index contributed by atoms with van der Waals surface area (Å²) in [5.74, 6) is 2.83. The lowest BCUT2D eigenvalue weighted by Crippen LogP contribution is -2.37. The first-order chi connectivity index (χ1) is 12.3. The smallest absolute Gasteiger partial charge is 0.208 e. The number of hydrogen-bond acceptors (Lipinski definition) is 7. The normalized spacial score (nSPS) is 15.9. The van der Waals surface area contributed by atoms with Crippen LogP contribution in [0.4, 0.5) is 5.69 Å². The first kappa shape index (κ1) is 14.8. The van der Waals surface area contributed by atoms with Gasteiger partial charge in [0.1, 0.15) is 17.3 Å². The van der Waals surface area contributed by atoms with Crippen molar-refractivity contribution in [3.63, 3.8) is 0 Å². The third-order valence-corrected chi connectivity index (χ3v) is 3.84. The number of para-hydroxylation sites is 1. The molecule has 0 bridgehead atoms. The molecule has 25 heavy (non-hydrogen) atoms. The zero-order chi connectivity index (χ0) is 17.2. The van der Waals surface area contributed by atoms with Crippen molar-refractivity contribution in [1.29, 1.82) is 5.41 Å². The number of ether oxygens (including phenoxy) is 1. The van der Waals surface area contributed by atoms with Gasteiger partial charge in [0.05, 0.1) is 5.71 Å². The van der Waals surface area contributed by atoms with Crippen molar-refractivity contribution in [2.45, 2.75) is 6.23 Å². The van der Waals surface area contributed by atoms with Crippen LogP contribution in [0.25, 0.3) is 11.4 Å². The van der Waals surface area contributed by atoms with E-state index >= 15 is 0 Å². The molecule has 4 rings (SSSR count). The van der Waals surface area contributed by atoms with E-state index in [1.54, 1.807) is 30.3 Å². The maximum Gasteiger partial charge on any atom is 0.208 e. The predicted octanol–water partition coefficient (Wildman–Crippen LogP) is 1.82. The molecule has 0 saturated heterocycles. The van der Waals surface area contributed by atoms with Gasteiger partial charge in [0, 0.05) is 16.8 Å². The SMILES string of the molecule is N=C1C(=C=O)C(Oc2ccc(-c3nn[nH]n3)cc2)Nc2ccccc21. The van der Waals surface area contributed by atoms with Crippen molar-refractivity contribution in [3.05, 3.63) is 59.7 Å². The maximum atomic E-state index is 11.3. The van der Waals surface area contributed by atoms with Crippen molar-refractivity contribution >= 4 is 17.3 Å². The Labute approximate surface area is 142 Å². The summed E-state index contributed by atoms with van der Waals surface area (Å²) in [5.41, 5.74) is 2.40. The summed E-state index contributed by atoms with van der Waals surface area (Å²) in [6.45, 7) is 0. The number of carbonyl (C=O) groups excluding carboxylic acids is 1. The van der Waals surface area contributed by atoms with E-state index in [-0.39, 0.29) is 11.3 Å². The van der Waals surface area contributed by atoms with Crippen molar-refractivity contribution in [2.24, 2.45) is 0 Å². The Kier molecular flexibility index (Phi) is 3.57. The van der Waals surface area contributed by atoms with E-state index in [1.807, 2.05) is 24.1 Å². The van der Waals surface area contributed by atoms with Crippen molar-refractivity contribution in [3.8, 4) is 17.1 Å². The van der Waals surface area contributed by atoms with E-state index < -0.39 is 6.23 Å². The highest BCUT2D eigenvalue weighted by Gasteiger charge is 2.29. The van der Waals surface area contributed by atoms with Gasteiger partial charge in [-0.25, -0.2) is 4.79 Å². The van der Waals surface area contributed by atoms with E-state index in [0.717, 1.165) is 11.3 Å². The van der Waals surface area contributed by atoms with Gasteiger partial charge in [0.25, 0.3) is 0 Å². The molecule has 122 valence electrons. The summed E-state index contributed by atoms with van der Waals surface area (Å²) in [5, 5.41) is 25.1. The van der Waals surface area contributed by atoms with Crippen LogP contribution in [0.15, 0.2) is 54.1 Å². The molecule has 1 aliphatic rings. The number of tetrazole rings is 1. The minimum Gasteiger partial charge on any atom is -0.466 e. The topological polar surface area (TPSA) is 117 Å². The molecule has 1 aliphatic heterocycles. The fourth-order valence-electron chi connectivity index (χ4n) is 2.61. The number of nitrogens with one attached hydrogen (secondary N) is 3. The lowest BCUT2D eigenvalue weighted by molar-refractivity contribution is 0.271. The molecule has 8 heteroatoms. The molecule has 8 nitrogen and oxygen atoms in total. The minimum atomic E-state index is -0.782. The molecule has 0 aliphatic carbocycles. The first-order valence-electron chi connectivity index (χ1n) is 7.46. The van der Waals surface area contributed by atoms with Crippen molar-refractivity contribution in [1.82, 2.24) is 20.6 Å². The first-order valence-corrected chi connectivity index (χ1v) is 7.46. The quantitative estimate of drug-likeness (QED) is 0.630. The highest BCUT2D eigenvalue weighted by Crippen LogP contribution is 2.29. The van der Waals surface area contributed by atoms with Gasteiger partial charge in [-0.05, 0) is 35.5 Å². The number of aromatic nitrogens is 4. The molecule has 3 aromatic rings. The Bertz CT molecular complexity index is 975. The Hall–Kier alpha value is -3.77. The van der Waals surface area contributed by atoms with Gasteiger partial charge in [0.15, 0.2) is 0 Å². The molecule has 1 unspecified atom stereocenters. The van der Waals surface area contributed by atoms with Gasteiger partial charge in [0.2, 0.25) is 12.1 Å². The minimum absolute atomic E-state index is 0.109. The number of rotatable bonds is 3. The molecule has 0 radical (unpaired) electrons. The van der Waals surface area contributed by atoms with Gasteiger partial charge >= 0.3 is 0 Å². The maximum absolute atomic E-state index is 11.3. The average Bonchev–Trinajstić information content (AvgIpc) is 3.17. The lowest BCUT2D eigenvalue weighted by atomic mass is 9.96. The van der Waals surface area contributed by atoms with Crippen LogP contribution in [0.3, 0.4) is 0 Å². The fraction of sp³-hybridized carbons (Fsp3) is 0.0588. The predicted molar refractivity (Wildman–Crippen MR) is 90.1 cm³/mol. The molecular weight excluding hydrogens is 320 g/mol. The number of fused-ring (bicyclic) bond motifs is 1. The van der Waals surface area contributed by atoms with Gasteiger partial charge in [-0.15, -0.1) is 10.2 Å². The van der Waals surface area contributed by atoms with E-state index in [0.29, 0.717) is 17.1 Å². The summed E-state index contributed by atoms with van der Waals surface area (Å²) in [7, 11) is 0. The summed E-state index contributed by atoms with van der Waals surface area (Å²) < 4.78 is 5.84. The monoisotopic (exact) mass is 332 g/mol. The largest absolute Gasteiger partial charge is 0.466 e. The standard InChI is InChI=1S/C17H12N6O2/c18-15-12-3-1-2-4-14(12)19-17(13(15)9-24)25-11-7-5-10(6-8-11)16-20-22-23-21-16/h1-8,17-19H,(H,20,21,22,23). The zero-order valence-electron chi connectivity index (χ0n) is 12.9. The van der Waals surface area contributed by atoms with Gasteiger partial charge < -0.3 is 10.1 Å². The van der Waals surface area contributed by atoms with Crippen LogP contribution in [0.2, 0.25) is 0 Å². The number of hydrogen-bond donors (Lipinski definition) is 3. The van der Waals surface area contributed by atoms with Crippen LogP contribution >= 0.6 is 0 Å².